The van der Waals surface area contributed by atoms with Gasteiger partial charge in [0.15, 0.2) is 0 Å². The van der Waals surface area contributed by atoms with E-state index in [0.29, 0.717) is 19.1 Å². The zero-order valence-electron chi connectivity index (χ0n) is 14.3. The van der Waals surface area contributed by atoms with E-state index in [1.165, 1.54) is 25.7 Å². The first-order valence-corrected chi connectivity index (χ1v) is 8.80. The first kappa shape index (κ1) is 18.4. The molecule has 0 spiro atoms. The molecule has 0 aromatic heterocycles. The van der Waals surface area contributed by atoms with Gasteiger partial charge >= 0.3 is 0 Å². The lowest BCUT2D eigenvalue weighted by molar-refractivity contribution is -0.124. The number of rotatable bonds is 8. The molecule has 0 heterocycles. The molecule has 1 rings (SSSR count). The van der Waals surface area contributed by atoms with Crippen LogP contribution >= 0.6 is 0 Å². The summed E-state index contributed by atoms with van der Waals surface area (Å²) in [5.41, 5.74) is 5.88. The van der Waals surface area contributed by atoms with Crippen LogP contribution in [-0.4, -0.2) is 42.0 Å². The van der Waals surface area contributed by atoms with Crippen molar-refractivity contribution in [3.8, 4) is 0 Å². The lowest BCUT2D eigenvalue weighted by Gasteiger charge is -2.39. The molecule has 1 amide bonds. The number of carbonyl (C=O) groups excluding carboxylic acids is 1. The number of amides is 1. The first-order chi connectivity index (χ1) is 10.1. The first-order valence-electron chi connectivity index (χ1n) is 8.80. The number of carbonyl (C=O) groups is 1. The summed E-state index contributed by atoms with van der Waals surface area (Å²) in [5.74, 6) is 0.170. The maximum atomic E-state index is 12.4. The Morgan fingerprint density at radius 1 is 1.24 bits per heavy atom. The molecule has 21 heavy (non-hydrogen) atoms. The van der Waals surface area contributed by atoms with Gasteiger partial charge in [0.05, 0.1) is 6.54 Å². The van der Waals surface area contributed by atoms with Gasteiger partial charge in [-0.1, -0.05) is 39.5 Å². The minimum atomic E-state index is -0.0726. The fourth-order valence-corrected chi connectivity index (χ4v) is 3.18. The highest BCUT2D eigenvalue weighted by molar-refractivity contribution is 5.78. The van der Waals surface area contributed by atoms with Crippen molar-refractivity contribution in [2.45, 2.75) is 83.7 Å². The number of hydrogen-bond acceptors (Lipinski definition) is 3. The van der Waals surface area contributed by atoms with Crippen LogP contribution in [0.15, 0.2) is 0 Å². The Bertz CT molecular complexity index is 294. The second-order valence-corrected chi connectivity index (χ2v) is 6.73. The van der Waals surface area contributed by atoms with Gasteiger partial charge in [-0.3, -0.25) is 9.69 Å². The second-order valence-electron chi connectivity index (χ2n) is 6.73. The van der Waals surface area contributed by atoms with Crippen molar-refractivity contribution in [2.75, 3.05) is 19.6 Å². The zero-order valence-corrected chi connectivity index (χ0v) is 14.3. The van der Waals surface area contributed by atoms with Crippen molar-refractivity contribution in [3.63, 3.8) is 0 Å². The molecular weight excluding hydrogens is 262 g/mol. The van der Waals surface area contributed by atoms with Crippen molar-refractivity contribution < 1.29 is 4.79 Å². The molecule has 124 valence electrons. The molecule has 0 radical (unpaired) electrons. The minimum absolute atomic E-state index is 0.0726. The monoisotopic (exact) mass is 297 g/mol. The molecule has 0 saturated heterocycles. The van der Waals surface area contributed by atoms with Gasteiger partial charge in [0.25, 0.3) is 0 Å². The number of hydrogen-bond donors (Lipinski definition) is 2. The number of nitrogens with zero attached hydrogens (tertiary/aromatic N) is 1. The Balaban J connectivity index is 2.55. The third-order valence-corrected chi connectivity index (χ3v) is 5.01. The van der Waals surface area contributed by atoms with E-state index >= 15 is 0 Å². The molecule has 0 aliphatic heterocycles. The topological polar surface area (TPSA) is 58.4 Å². The molecule has 0 aromatic rings. The van der Waals surface area contributed by atoms with Crippen LogP contribution < -0.4 is 11.1 Å². The molecule has 1 fully saturated rings. The predicted molar refractivity (Wildman–Crippen MR) is 89.2 cm³/mol. The molecular formula is C17H35N3O. The molecule has 0 bridgehead atoms. The van der Waals surface area contributed by atoms with Gasteiger partial charge in [0, 0.05) is 18.1 Å². The van der Waals surface area contributed by atoms with E-state index in [-0.39, 0.29) is 11.4 Å². The van der Waals surface area contributed by atoms with Crippen LogP contribution in [0.2, 0.25) is 0 Å². The molecule has 4 heteroatoms. The molecule has 1 saturated carbocycles. The number of nitrogens with one attached hydrogen (secondary N) is 1. The van der Waals surface area contributed by atoms with Crippen molar-refractivity contribution in [1.29, 1.82) is 0 Å². The van der Waals surface area contributed by atoms with Gasteiger partial charge < -0.3 is 11.1 Å². The average Bonchev–Trinajstić information content (AvgIpc) is 2.74. The summed E-state index contributed by atoms with van der Waals surface area (Å²) < 4.78 is 0. The predicted octanol–water partition coefficient (Wildman–Crippen LogP) is 2.66. The summed E-state index contributed by atoms with van der Waals surface area (Å²) in [7, 11) is 0. The highest BCUT2D eigenvalue weighted by atomic mass is 16.2. The molecule has 0 aromatic carbocycles. The Kier molecular flexibility index (Phi) is 8.27. The SMILES string of the molecule is CCCN(CC(=O)NC1CCCCCC1)C(C)(CC)CN. The van der Waals surface area contributed by atoms with E-state index < -0.39 is 0 Å². The van der Waals surface area contributed by atoms with Crippen molar-refractivity contribution in [3.05, 3.63) is 0 Å². The summed E-state index contributed by atoms with van der Waals surface area (Å²) in [5, 5.41) is 3.25. The van der Waals surface area contributed by atoms with Gasteiger partial charge in [-0.2, -0.15) is 0 Å². The van der Waals surface area contributed by atoms with E-state index in [0.717, 1.165) is 32.2 Å². The van der Waals surface area contributed by atoms with Crippen LogP contribution in [0.5, 0.6) is 0 Å². The van der Waals surface area contributed by atoms with Crippen LogP contribution in [0.4, 0.5) is 0 Å². The van der Waals surface area contributed by atoms with Gasteiger partial charge in [0.1, 0.15) is 0 Å². The third kappa shape index (κ3) is 5.95. The Morgan fingerprint density at radius 3 is 2.33 bits per heavy atom. The van der Waals surface area contributed by atoms with Gasteiger partial charge in [-0.05, 0) is 39.2 Å². The summed E-state index contributed by atoms with van der Waals surface area (Å²) in [6.07, 6.45) is 9.43. The van der Waals surface area contributed by atoms with Gasteiger partial charge in [-0.25, -0.2) is 0 Å². The summed E-state index contributed by atoms with van der Waals surface area (Å²) >= 11 is 0. The summed E-state index contributed by atoms with van der Waals surface area (Å²) in [4.78, 5) is 14.7. The Labute approximate surface area is 130 Å². The highest BCUT2D eigenvalue weighted by Gasteiger charge is 2.30. The highest BCUT2D eigenvalue weighted by Crippen LogP contribution is 2.19. The van der Waals surface area contributed by atoms with Crippen LogP contribution in [0.25, 0.3) is 0 Å². The Morgan fingerprint density at radius 2 is 1.86 bits per heavy atom. The number of nitrogens with two attached hydrogens (primary N) is 1. The van der Waals surface area contributed by atoms with Crippen molar-refractivity contribution >= 4 is 5.91 Å². The Hall–Kier alpha value is -0.610. The molecule has 1 unspecified atom stereocenters. The normalized spacial score (nSPS) is 20.0. The van der Waals surface area contributed by atoms with Crippen LogP contribution in [0, 0.1) is 0 Å². The fraction of sp³-hybridized carbons (Fsp3) is 0.941. The van der Waals surface area contributed by atoms with E-state index in [1.54, 1.807) is 0 Å². The lowest BCUT2D eigenvalue weighted by Crippen LogP contribution is -2.55. The van der Waals surface area contributed by atoms with E-state index in [4.69, 9.17) is 5.73 Å². The molecule has 4 nitrogen and oxygen atoms in total. The van der Waals surface area contributed by atoms with E-state index in [1.807, 2.05) is 0 Å². The molecule has 1 aliphatic rings. The van der Waals surface area contributed by atoms with Gasteiger partial charge in [0.2, 0.25) is 5.91 Å². The standard InChI is InChI=1S/C17H35N3O/c1-4-12-20(17(3,5-2)14-18)13-16(21)19-15-10-8-6-7-9-11-15/h15H,4-14,18H2,1-3H3,(H,19,21). The summed E-state index contributed by atoms with van der Waals surface area (Å²) in [6, 6.07) is 0.384. The average molecular weight is 297 g/mol. The quantitative estimate of drug-likeness (QED) is 0.677. The maximum absolute atomic E-state index is 12.4. The van der Waals surface area contributed by atoms with Crippen LogP contribution in [0.3, 0.4) is 0 Å². The second kappa shape index (κ2) is 9.42. The van der Waals surface area contributed by atoms with E-state index in [2.05, 4.69) is 31.0 Å². The van der Waals surface area contributed by atoms with Crippen LogP contribution in [0.1, 0.15) is 72.1 Å². The smallest absolute Gasteiger partial charge is 0.234 e. The van der Waals surface area contributed by atoms with Crippen LogP contribution in [-0.2, 0) is 4.79 Å². The molecule has 1 atom stereocenters. The van der Waals surface area contributed by atoms with Crippen molar-refractivity contribution in [1.82, 2.24) is 10.2 Å². The molecule has 1 aliphatic carbocycles. The van der Waals surface area contributed by atoms with Gasteiger partial charge in [-0.15, -0.1) is 0 Å². The summed E-state index contributed by atoms with van der Waals surface area (Å²) in [6.45, 7) is 8.48. The maximum Gasteiger partial charge on any atom is 0.234 e. The minimum Gasteiger partial charge on any atom is -0.352 e. The van der Waals surface area contributed by atoms with Crippen molar-refractivity contribution in [2.24, 2.45) is 5.73 Å². The largest absolute Gasteiger partial charge is 0.352 e. The van der Waals surface area contributed by atoms with E-state index in [9.17, 15) is 4.79 Å². The fourth-order valence-electron chi connectivity index (χ4n) is 3.18. The molecule has 3 N–H and O–H groups in total. The lowest BCUT2D eigenvalue weighted by atomic mass is 9.96. The third-order valence-electron chi connectivity index (χ3n) is 5.01. The zero-order chi connectivity index (χ0) is 15.7.